The Balaban J connectivity index is 0.000000219. The maximum absolute atomic E-state index is 11.4. The first-order chi connectivity index (χ1) is 24.2. The van der Waals surface area contributed by atoms with Gasteiger partial charge in [0.25, 0.3) is 40.5 Å². The van der Waals surface area contributed by atoms with Crippen molar-refractivity contribution < 1.29 is 57.0 Å². The SMILES string of the molecule is C=c1ccc(N)c(S(=O)(=O)O)/c1=C/C(=C(/N)CO)S(=O)(=O)O.Nc1ccc(N)c2cc(S(=O)(=O)O)ccc12.Nc1ccc2cc(S(=O)(=O)O)ccc2c1. The molecule has 0 fully saturated rings. The Kier molecular flexibility index (Phi) is 12.5. The van der Waals surface area contributed by atoms with Gasteiger partial charge >= 0.3 is 0 Å². The molecule has 0 aliphatic carbocycles. The molecule has 0 bridgehead atoms. The first kappa shape index (κ1) is 42.1. The van der Waals surface area contributed by atoms with Gasteiger partial charge in [0.05, 0.1) is 27.8 Å². The van der Waals surface area contributed by atoms with Crippen molar-refractivity contribution in [3.63, 3.8) is 0 Å². The molecule has 0 aliphatic heterocycles. The van der Waals surface area contributed by atoms with Crippen molar-refractivity contribution in [2.24, 2.45) is 5.73 Å². The molecule has 0 unspecified atom stereocenters. The molecule has 0 saturated carbocycles. The quantitative estimate of drug-likeness (QED) is 0.0832. The summed E-state index contributed by atoms with van der Waals surface area (Å²) in [4.78, 5) is -2.03. The molecular weight excluding hydrogens is 779 g/mol. The number of rotatable bonds is 6. The molecule has 53 heavy (non-hydrogen) atoms. The Bertz CT molecular complexity index is 2850. The second-order valence-electron chi connectivity index (χ2n) is 10.9. The van der Waals surface area contributed by atoms with E-state index in [0.717, 1.165) is 16.8 Å². The molecule has 5 aromatic rings. The number of nitrogens with two attached hydrogens (primary N) is 5. The van der Waals surface area contributed by atoms with E-state index in [1.165, 1.54) is 36.4 Å². The molecule has 0 aliphatic rings. The van der Waals surface area contributed by atoms with Crippen molar-refractivity contribution in [3.8, 4) is 0 Å². The zero-order valence-electron chi connectivity index (χ0n) is 27.0. The highest BCUT2D eigenvalue weighted by atomic mass is 32.2. The second-order valence-corrected chi connectivity index (χ2v) is 16.5. The predicted molar refractivity (Wildman–Crippen MR) is 201 cm³/mol. The zero-order valence-corrected chi connectivity index (χ0v) is 30.3. The van der Waals surface area contributed by atoms with Crippen LogP contribution in [0.3, 0.4) is 0 Å². The van der Waals surface area contributed by atoms with Crippen molar-refractivity contribution in [1.29, 1.82) is 0 Å². The van der Waals surface area contributed by atoms with Crippen molar-refractivity contribution in [2.75, 3.05) is 29.5 Å². The van der Waals surface area contributed by atoms with Crippen LogP contribution in [-0.4, -0.2) is 63.6 Å². The summed E-state index contributed by atoms with van der Waals surface area (Å²) < 4.78 is 125. The van der Waals surface area contributed by atoms with Crippen LogP contribution in [0.15, 0.2) is 104 Å². The largest absolute Gasteiger partial charge is 0.399 e. The van der Waals surface area contributed by atoms with Gasteiger partial charge in [-0.15, -0.1) is 0 Å². The third-order valence-corrected chi connectivity index (χ3v) is 10.7. The Labute approximate surface area is 303 Å². The van der Waals surface area contributed by atoms with E-state index in [9.17, 15) is 38.2 Å². The van der Waals surface area contributed by atoms with E-state index in [-0.39, 0.29) is 25.9 Å². The van der Waals surface area contributed by atoms with Crippen molar-refractivity contribution >= 4 is 97.4 Å². The summed E-state index contributed by atoms with van der Waals surface area (Å²) in [6.07, 6.45) is 0.655. The van der Waals surface area contributed by atoms with Crippen molar-refractivity contribution in [2.45, 2.75) is 14.7 Å². The fourth-order valence-electron chi connectivity index (χ4n) is 4.58. The summed E-state index contributed by atoms with van der Waals surface area (Å²) in [7, 11) is -18.0. The van der Waals surface area contributed by atoms with E-state index in [1.54, 1.807) is 36.4 Å². The van der Waals surface area contributed by atoms with Crippen LogP contribution < -0.4 is 39.1 Å². The number of anilines is 4. The minimum absolute atomic E-state index is 0.00582. The van der Waals surface area contributed by atoms with Crippen molar-refractivity contribution in [3.05, 3.63) is 99.9 Å². The van der Waals surface area contributed by atoms with Crippen LogP contribution in [0.2, 0.25) is 0 Å². The third-order valence-electron chi connectivity index (χ3n) is 7.10. The monoisotopic (exact) mass is 811 g/mol. The molecule has 0 saturated heterocycles. The first-order valence-corrected chi connectivity index (χ1v) is 20.0. The Morgan fingerprint density at radius 2 is 1.09 bits per heavy atom. The number of hydrogen-bond acceptors (Lipinski definition) is 14. The van der Waals surface area contributed by atoms with Crippen molar-refractivity contribution in [1.82, 2.24) is 0 Å². The van der Waals surface area contributed by atoms with E-state index in [0.29, 0.717) is 33.9 Å². The number of fused-ring (bicyclic) bond motifs is 2. The molecule has 5 rings (SSSR count). The molecule has 0 heterocycles. The summed E-state index contributed by atoms with van der Waals surface area (Å²) in [5.74, 6) is 0. The van der Waals surface area contributed by atoms with Gasteiger partial charge in [0.1, 0.15) is 9.80 Å². The lowest BCUT2D eigenvalue weighted by molar-refractivity contribution is 0.329. The molecule has 22 heteroatoms. The van der Waals surface area contributed by atoms with Gasteiger partial charge in [-0.25, -0.2) is 0 Å². The summed E-state index contributed by atoms with van der Waals surface area (Å²) in [6, 6.07) is 19.2. The average Bonchev–Trinajstić information content (AvgIpc) is 3.04. The summed E-state index contributed by atoms with van der Waals surface area (Å²) in [5, 5.41) is 11.3. The highest BCUT2D eigenvalue weighted by Crippen LogP contribution is 2.28. The van der Waals surface area contributed by atoms with Gasteiger partial charge in [0.15, 0.2) is 0 Å². The summed E-state index contributed by atoms with van der Waals surface area (Å²) >= 11 is 0. The molecular formula is C31H33N5O13S4. The maximum Gasteiger partial charge on any atom is 0.297 e. The van der Waals surface area contributed by atoms with E-state index in [2.05, 4.69) is 6.58 Å². The minimum Gasteiger partial charge on any atom is -0.399 e. The van der Waals surface area contributed by atoms with Crippen LogP contribution in [0.5, 0.6) is 0 Å². The Morgan fingerprint density at radius 1 is 0.604 bits per heavy atom. The van der Waals surface area contributed by atoms with Gasteiger partial charge in [-0.1, -0.05) is 30.8 Å². The third kappa shape index (κ3) is 10.6. The smallest absolute Gasteiger partial charge is 0.297 e. The Hall–Kier alpha value is -5.30. The highest BCUT2D eigenvalue weighted by Gasteiger charge is 2.20. The number of nitrogen functional groups attached to an aromatic ring is 4. The fraction of sp³-hybridized carbons (Fsp3) is 0.0323. The number of aliphatic hydroxyl groups is 1. The zero-order chi connectivity index (χ0) is 40.3. The van der Waals surface area contributed by atoms with Crippen LogP contribution >= 0.6 is 0 Å². The molecule has 5 aromatic carbocycles. The van der Waals surface area contributed by atoms with Gasteiger partial charge in [-0.05, 0) is 76.7 Å². The van der Waals surface area contributed by atoms with Crippen LogP contribution in [-0.2, 0) is 40.5 Å². The summed E-state index contributed by atoms with van der Waals surface area (Å²) in [6.45, 7) is 2.58. The van der Waals surface area contributed by atoms with Gasteiger partial charge in [0, 0.05) is 33.1 Å². The van der Waals surface area contributed by atoms with Crippen LogP contribution in [0, 0.1) is 0 Å². The van der Waals surface area contributed by atoms with Crippen LogP contribution in [0.25, 0.3) is 34.2 Å². The van der Waals surface area contributed by atoms with Gasteiger partial charge in [0.2, 0.25) is 0 Å². The van der Waals surface area contributed by atoms with E-state index < -0.39 is 62.6 Å². The molecule has 284 valence electrons. The lowest BCUT2D eigenvalue weighted by Crippen LogP contribution is -2.31. The first-order valence-electron chi connectivity index (χ1n) is 14.2. The fourth-order valence-corrected chi connectivity index (χ4v) is 7.10. The maximum atomic E-state index is 11.4. The number of hydrogen-bond donors (Lipinski definition) is 10. The molecule has 0 amide bonds. The molecule has 0 atom stereocenters. The molecule has 0 spiro atoms. The standard InChI is InChI=1S/C11H14N2O7S2.C10H10N2O3S.C10H9NO3S/c1-6-2-3-8(12)11(22(18,19)20)7(6)4-10(9(13)5-14)21(15,16)17;11-9-3-4-10(12)8-5-6(16(13,14)15)1-2-7(8)9;11-9-3-1-8-6-10(15(12,13)14)4-2-7(8)5-9/h2-4,14H,1,5,12-13H2,(H,15,16,17)(H,18,19,20);1-5H,11-12H2,(H,13,14,15);1-6H,11H2,(H,12,13,14)/b7-4+,10-9-;;. The second kappa shape index (κ2) is 15.7. The van der Waals surface area contributed by atoms with Crippen LogP contribution in [0.4, 0.5) is 22.7 Å². The topological polar surface area (TPSA) is 368 Å². The predicted octanol–water partition coefficient (Wildman–Crippen LogP) is 0.676. The Morgan fingerprint density at radius 3 is 1.62 bits per heavy atom. The lowest BCUT2D eigenvalue weighted by atomic mass is 10.1. The molecule has 0 aromatic heterocycles. The van der Waals surface area contributed by atoms with E-state index in [4.69, 9.17) is 47.4 Å². The number of benzene rings is 5. The number of aliphatic hydroxyl groups excluding tert-OH is 1. The van der Waals surface area contributed by atoms with Gasteiger partial charge < -0.3 is 33.8 Å². The highest BCUT2D eigenvalue weighted by molar-refractivity contribution is 7.90. The molecule has 0 radical (unpaired) electrons. The van der Waals surface area contributed by atoms with E-state index in [1.807, 2.05) is 0 Å². The van der Waals surface area contributed by atoms with Gasteiger partial charge in [-0.3, -0.25) is 18.2 Å². The number of allylic oxidation sites excluding steroid dienone is 1. The minimum atomic E-state index is -4.87. The van der Waals surface area contributed by atoms with Crippen LogP contribution in [0.1, 0.15) is 0 Å². The van der Waals surface area contributed by atoms with E-state index >= 15 is 0 Å². The molecule has 18 nitrogen and oxygen atoms in total. The normalized spacial score (nSPS) is 13.0. The van der Waals surface area contributed by atoms with Gasteiger partial charge in [-0.2, -0.15) is 33.7 Å². The molecule has 15 N–H and O–H groups in total. The summed E-state index contributed by atoms with van der Waals surface area (Å²) in [5.41, 5.74) is 28.3. The lowest BCUT2D eigenvalue weighted by Gasteiger charge is -2.06. The average molecular weight is 812 g/mol.